The fourth-order valence-electron chi connectivity index (χ4n) is 1.06. The van der Waals surface area contributed by atoms with Crippen LogP contribution in [0, 0.1) is 6.92 Å². The topological polar surface area (TPSA) is 64.7 Å². The van der Waals surface area contributed by atoms with Crippen molar-refractivity contribution in [3.05, 3.63) is 24.2 Å². The highest BCUT2D eigenvalue weighted by Gasteiger charge is 2.00. The molecule has 2 aromatic heterocycles. The highest BCUT2D eigenvalue weighted by atomic mass is 14.9. The van der Waals surface area contributed by atoms with E-state index in [0.717, 1.165) is 11.2 Å². The van der Waals surface area contributed by atoms with E-state index < -0.39 is 0 Å². The number of nitrogen functional groups attached to an aromatic ring is 1. The molecule has 2 aromatic rings. The molecule has 0 fully saturated rings. The largest absolute Gasteiger partial charge is 0.382 e. The first-order chi connectivity index (χ1) is 5.77. The smallest absolute Gasteiger partial charge is 0.153 e. The second-order valence-electron chi connectivity index (χ2n) is 2.58. The Kier molecular flexibility index (Phi) is 1.40. The maximum atomic E-state index is 5.61. The average molecular weight is 160 g/mol. The molecule has 0 aromatic carbocycles. The minimum Gasteiger partial charge on any atom is -0.382 e. The second-order valence-corrected chi connectivity index (χ2v) is 2.58. The number of fused-ring (bicyclic) bond motifs is 1. The van der Waals surface area contributed by atoms with Gasteiger partial charge < -0.3 is 5.73 Å². The first kappa shape index (κ1) is 6.97. The van der Waals surface area contributed by atoms with Gasteiger partial charge in [-0.3, -0.25) is 0 Å². The zero-order chi connectivity index (χ0) is 8.55. The molecular weight excluding hydrogens is 152 g/mol. The summed E-state index contributed by atoms with van der Waals surface area (Å²) in [7, 11) is 0. The Bertz CT molecular complexity index is 424. The van der Waals surface area contributed by atoms with Gasteiger partial charge in [0.15, 0.2) is 5.82 Å². The highest BCUT2D eigenvalue weighted by molar-refractivity contribution is 5.83. The van der Waals surface area contributed by atoms with Crippen molar-refractivity contribution in [3.8, 4) is 0 Å². The van der Waals surface area contributed by atoms with Gasteiger partial charge in [-0.05, 0) is 19.1 Å². The molecule has 2 rings (SSSR count). The standard InChI is InChI=1S/C8H8N4/c1-5-2-3-6-7(12-5)8(9)11-4-10-6/h2-4H,1H3,(H2,9,10,11). The van der Waals surface area contributed by atoms with Crippen LogP contribution in [0.25, 0.3) is 11.0 Å². The van der Waals surface area contributed by atoms with Gasteiger partial charge in [0, 0.05) is 5.69 Å². The van der Waals surface area contributed by atoms with E-state index in [1.54, 1.807) is 0 Å². The summed E-state index contributed by atoms with van der Waals surface area (Å²) in [6.45, 7) is 1.91. The van der Waals surface area contributed by atoms with Gasteiger partial charge in [-0.25, -0.2) is 15.0 Å². The summed E-state index contributed by atoms with van der Waals surface area (Å²) in [5.74, 6) is 0.434. The molecule has 0 amide bonds. The predicted molar refractivity (Wildman–Crippen MR) is 46.5 cm³/mol. The Hall–Kier alpha value is -1.71. The summed E-state index contributed by atoms with van der Waals surface area (Å²) >= 11 is 0. The van der Waals surface area contributed by atoms with Crippen LogP contribution in [0.15, 0.2) is 18.5 Å². The van der Waals surface area contributed by atoms with Gasteiger partial charge in [-0.2, -0.15) is 0 Å². The third-order valence-electron chi connectivity index (χ3n) is 1.65. The van der Waals surface area contributed by atoms with Crippen molar-refractivity contribution in [3.63, 3.8) is 0 Å². The van der Waals surface area contributed by atoms with E-state index >= 15 is 0 Å². The Morgan fingerprint density at radius 1 is 1.25 bits per heavy atom. The number of hydrogen-bond acceptors (Lipinski definition) is 4. The van der Waals surface area contributed by atoms with Gasteiger partial charge in [0.05, 0.1) is 5.52 Å². The third kappa shape index (κ3) is 0.972. The number of pyridine rings is 1. The number of nitrogens with two attached hydrogens (primary N) is 1. The third-order valence-corrected chi connectivity index (χ3v) is 1.65. The van der Waals surface area contributed by atoms with Crippen LogP contribution < -0.4 is 5.73 Å². The molecule has 0 aliphatic heterocycles. The number of nitrogens with zero attached hydrogens (tertiary/aromatic N) is 3. The monoisotopic (exact) mass is 160 g/mol. The van der Waals surface area contributed by atoms with E-state index in [1.807, 2.05) is 19.1 Å². The SMILES string of the molecule is Cc1ccc2ncnc(N)c2n1. The van der Waals surface area contributed by atoms with E-state index in [4.69, 9.17) is 5.73 Å². The van der Waals surface area contributed by atoms with Crippen molar-refractivity contribution in [2.45, 2.75) is 6.92 Å². The Labute approximate surface area is 69.5 Å². The molecule has 2 heterocycles. The molecule has 0 saturated heterocycles. The quantitative estimate of drug-likeness (QED) is 0.622. The zero-order valence-corrected chi connectivity index (χ0v) is 6.65. The summed E-state index contributed by atoms with van der Waals surface area (Å²) in [6.07, 6.45) is 1.44. The van der Waals surface area contributed by atoms with Crippen LogP contribution in [0.5, 0.6) is 0 Å². The van der Waals surface area contributed by atoms with Crippen LogP contribution in [0.1, 0.15) is 5.69 Å². The normalized spacial score (nSPS) is 10.4. The molecule has 0 unspecified atom stereocenters. The van der Waals surface area contributed by atoms with Gasteiger partial charge in [-0.15, -0.1) is 0 Å². The molecule has 0 aliphatic carbocycles. The van der Waals surface area contributed by atoms with Crippen LogP contribution in [0.3, 0.4) is 0 Å². The lowest BCUT2D eigenvalue weighted by Crippen LogP contribution is -1.95. The van der Waals surface area contributed by atoms with Gasteiger partial charge in [-0.1, -0.05) is 0 Å². The van der Waals surface area contributed by atoms with E-state index in [1.165, 1.54) is 6.33 Å². The average Bonchev–Trinajstić information content (AvgIpc) is 2.07. The molecule has 60 valence electrons. The van der Waals surface area contributed by atoms with E-state index in [2.05, 4.69) is 15.0 Å². The number of rotatable bonds is 0. The summed E-state index contributed by atoms with van der Waals surface area (Å²) < 4.78 is 0. The number of anilines is 1. The first-order valence-corrected chi connectivity index (χ1v) is 3.61. The van der Waals surface area contributed by atoms with E-state index in [-0.39, 0.29) is 0 Å². The summed E-state index contributed by atoms with van der Waals surface area (Å²) in [5, 5.41) is 0. The lowest BCUT2D eigenvalue weighted by molar-refractivity contribution is 1.18. The van der Waals surface area contributed by atoms with Crippen molar-refractivity contribution < 1.29 is 0 Å². The number of aryl methyl sites for hydroxylation is 1. The lowest BCUT2D eigenvalue weighted by atomic mass is 10.3. The molecule has 12 heavy (non-hydrogen) atoms. The van der Waals surface area contributed by atoms with Crippen LogP contribution in [-0.2, 0) is 0 Å². The van der Waals surface area contributed by atoms with Gasteiger partial charge in [0.1, 0.15) is 11.8 Å². The Morgan fingerprint density at radius 2 is 2.08 bits per heavy atom. The summed E-state index contributed by atoms with van der Waals surface area (Å²) in [4.78, 5) is 12.1. The second kappa shape index (κ2) is 2.41. The zero-order valence-electron chi connectivity index (χ0n) is 6.65. The lowest BCUT2D eigenvalue weighted by Gasteiger charge is -1.98. The number of aromatic nitrogens is 3. The van der Waals surface area contributed by atoms with Crippen molar-refractivity contribution in [2.24, 2.45) is 0 Å². The molecule has 0 saturated carbocycles. The van der Waals surface area contributed by atoms with E-state index in [0.29, 0.717) is 11.3 Å². The van der Waals surface area contributed by atoms with E-state index in [9.17, 15) is 0 Å². The van der Waals surface area contributed by atoms with Crippen molar-refractivity contribution in [2.75, 3.05) is 5.73 Å². The van der Waals surface area contributed by atoms with Crippen molar-refractivity contribution >= 4 is 16.9 Å². The fourth-order valence-corrected chi connectivity index (χ4v) is 1.06. The van der Waals surface area contributed by atoms with Crippen LogP contribution in [0.4, 0.5) is 5.82 Å². The number of hydrogen-bond donors (Lipinski definition) is 1. The molecule has 0 spiro atoms. The van der Waals surface area contributed by atoms with Crippen LogP contribution >= 0.6 is 0 Å². The minimum absolute atomic E-state index is 0.434. The molecule has 0 radical (unpaired) electrons. The van der Waals surface area contributed by atoms with Gasteiger partial charge in [0.25, 0.3) is 0 Å². The molecular formula is C8H8N4. The minimum atomic E-state index is 0.434. The van der Waals surface area contributed by atoms with Gasteiger partial charge in [0.2, 0.25) is 0 Å². The molecule has 0 bridgehead atoms. The summed E-state index contributed by atoms with van der Waals surface area (Å²) in [5.41, 5.74) is 8.00. The Morgan fingerprint density at radius 3 is 2.92 bits per heavy atom. The van der Waals surface area contributed by atoms with Crippen LogP contribution in [-0.4, -0.2) is 15.0 Å². The fraction of sp³-hybridized carbons (Fsp3) is 0.125. The predicted octanol–water partition coefficient (Wildman–Crippen LogP) is 0.915. The van der Waals surface area contributed by atoms with Crippen LogP contribution in [0.2, 0.25) is 0 Å². The highest BCUT2D eigenvalue weighted by Crippen LogP contribution is 2.13. The van der Waals surface area contributed by atoms with Crippen molar-refractivity contribution in [1.82, 2.24) is 15.0 Å². The molecule has 4 nitrogen and oxygen atoms in total. The maximum Gasteiger partial charge on any atom is 0.153 e. The van der Waals surface area contributed by atoms with Gasteiger partial charge >= 0.3 is 0 Å². The maximum absolute atomic E-state index is 5.61. The molecule has 0 atom stereocenters. The molecule has 0 aliphatic rings. The molecule has 4 heteroatoms. The summed E-state index contributed by atoms with van der Waals surface area (Å²) in [6, 6.07) is 3.78. The first-order valence-electron chi connectivity index (χ1n) is 3.61. The Balaban J connectivity index is 2.88. The van der Waals surface area contributed by atoms with Crippen molar-refractivity contribution in [1.29, 1.82) is 0 Å². The molecule has 2 N–H and O–H groups in total.